The maximum Gasteiger partial charge on any atom is 0.387 e. The average molecular weight is 400 g/mol. The molecule has 0 fully saturated rings. The van der Waals surface area contributed by atoms with Gasteiger partial charge in [0.15, 0.2) is 0 Å². The number of halogens is 3. The van der Waals surface area contributed by atoms with E-state index in [9.17, 15) is 8.78 Å². The summed E-state index contributed by atoms with van der Waals surface area (Å²) in [7, 11) is 3.56. The number of hydrogen-bond donors (Lipinski definition) is 2. The second kappa shape index (κ2) is 8.99. The van der Waals surface area contributed by atoms with Crippen molar-refractivity contribution < 1.29 is 18.3 Å². The molecule has 3 N–H and O–H groups in total. The molecule has 0 atom stereocenters. The zero-order valence-electron chi connectivity index (χ0n) is 15.7. The molecule has 0 aliphatic rings. The summed E-state index contributed by atoms with van der Waals surface area (Å²) in [6.45, 7) is 1.62. The van der Waals surface area contributed by atoms with Crippen LogP contribution >= 0.6 is 11.6 Å². The third-order valence-corrected chi connectivity index (χ3v) is 4.53. The van der Waals surface area contributed by atoms with Crippen LogP contribution in [0.2, 0.25) is 5.02 Å². The van der Waals surface area contributed by atoms with Gasteiger partial charge in [-0.15, -0.1) is 0 Å². The van der Waals surface area contributed by atoms with Gasteiger partial charge in [0.1, 0.15) is 11.5 Å². The number of methoxy groups -OCH3 is 1. The van der Waals surface area contributed by atoms with Gasteiger partial charge in [-0.25, -0.2) is 0 Å². The highest BCUT2D eigenvalue weighted by Crippen LogP contribution is 2.36. The Morgan fingerprint density at radius 2 is 1.85 bits per heavy atom. The number of anilines is 3. The number of nitrogen functional groups attached to an aromatic ring is 1. The van der Waals surface area contributed by atoms with Crippen LogP contribution in [0, 0.1) is 0 Å². The molecule has 0 heterocycles. The number of ether oxygens (including phenoxy) is 2. The second-order valence-corrected chi connectivity index (χ2v) is 6.67. The van der Waals surface area contributed by atoms with Crippen LogP contribution in [0.25, 0.3) is 0 Å². The minimum Gasteiger partial charge on any atom is -0.496 e. The summed E-state index contributed by atoms with van der Waals surface area (Å²) < 4.78 is 34.6. The second-order valence-electron chi connectivity index (χ2n) is 6.27. The van der Waals surface area contributed by atoms with E-state index in [1.807, 2.05) is 19.2 Å². The van der Waals surface area contributed by atoms with E-state index in [4.69, 9.17) is 22.1 Å². The molecule has 0 aromatic heterocycles. The van der Waals surface area contributed by atoms with Crippen molar-refractivity contribution in [3.8, 4) is 11.5 Å². The minimum atomic E-state index is -2.92. The fraction of sp³-hybridized carbons (Fsp3) is 0.368. The maximum absolute atomic E-state index is 12.4. The Bertz CT molecular complexity index is 788. The molecule has 27 heavy (non-hydrogen) atoms. The van der Waals surface area contributed by atoms with Crippen LogP contribution in [-0.4, -0.2) is 26.8 Å². The predicted molar refractivity (Wildman–Crippen MR) is 106 cm³/mol. The number of nitrogens with one attached hydrogen (secondary N) is 1. The Morgan fingerprint density at radius 1 is 1.19 bits per heavy atom. The lowest BCUT2D eigenvalue weighted by Gasteiger charge is -2.29. The average Bonchev–Trinajstić information content (AvgIpc) is 2.61. The van der Waals surface area contributed by atoms with Crippen LogP contribution in [0.15, 0.2) is 30.3 Å². The number of benzene rings is 2. The van der Waals surface area contributed by atoms with E-state index >= 15 is 0 Å². The van der Waals surface area contributed by atoms with Crippen LogP contribution in [-0.2, 0) is 6.54 Å². The Morgan fingerprint density at radius 3 is 2.41 bits per heavy atom. The molecule has 0 aliphatic heterocycles. The molecule has 0 spiro atoms. The summed E-state index contributed by atoms with van der Waals surface area (Å²) in [5.41, 5.74) is 9.27. The van der Waals surface area contributed by atoms with Crippen LogP contribution in [0.3, 0.4) is 0 Å². The molecular formula is C19H24ClF2N3O2. The van der Waals surface area contributed by atoms with E-state index < -0.39 is 6.61 Å². The number of nitrogens with two attached hydrogens (primary N) is 1. The number of hydrogen-bond acceptors (Lipinski definition) is 5. The molecule has 0 amide bonds. The van der Waals surface area contributed by atoms with Crippen molar-refractivity contribution >= 4 is 28.7 Å². The highest BCUT2D eigenvalue weighted by atomic mass is 35.5. The molecule has 148 valence electrons. The van der Waals surface area contributed by atoms with Gasteiger partial charge >= 0.3 is 6.61 Å². The Balaban J connectivity index is 2.29. The molecule has 0 unspecified atom stereocenters. The Hall–Kier alpha value is -2.41. The highest BCUT2D eigenvalue weighted by Gasteiger charge is 2.18. The standard InChI is InChI=1S/C19H24ClF2N3O2/c1-11(2)25(3)18-13(16(26-4)8-6-15(18)23)10-24-12-5-7-17(14(20)9-12)27-19(21)22/h5-9,11,19,24H,10,23H2,1-4H3. The van der Waals surface area contributed by atoms with E-state index in [2.05, 4.69) is 28.8 Å². The van der Waals surface area contributed by atoms with Crippen molar-refractivity contribution in [1.29, 1.82) is 0 Å². The lowest BCUT2D eigenvalue weighted by Crippen LogP contribution is -2.28. The number of rotatable bonds is 8. The molecule has 5 nitrogen and oxygen atoms in total. The van der Waals surface area contributed by atoms with Gasteiger partial charge in [0.05, 0.1) is 23.5 Å². The van der Waals surface area contributed by atoms with Crippen molar-refractivity contribution in [2.24, 2.45) is 0 Å². The van der Waals surface area contributed by atoms with E-state index in [0.29, 0.717) is 23.7 Å². The molecular weight excluding hydrogens is 376 g/mol. The van der Waals surface area contributed by atoms with E-state index in [1.54, 1.807) is 13.2 Å². The smallest absolute Gasteiger partial charge is 0.387 e. The predicted octanol–water partition coefficient (Wildman–Crippen LogP) is 4.99. The van der Waals surface area contributed by atoms with Gasteiger partial charge in [-0.3, -0.25) is 0 Å². The van der Waals surface area contributed by atoms with Crippen molar-refractivity contribution in [3.05, 3.63) is 40.9 Å². The van der Waals surface area contributed by atoms with Crippen LogP contribution in [0.4, 0.5) is 25.8 Å². The fourth-order valence-corrected chi connectivity index (χ4v) is 2.89. The van der Waals surface area contributed by atoms with Crippen LogP contribution in [0.5, 0.6) is 11.5 Å². The quantitative estimate of drug-likeness (QED) is 0.612. The largest absolute Gasteiger partial charge is 0.496 e. The van der Waals surface area contributed by atoms with Crippen LogP contribution in [0.1, 0.15) is 19.4 Å². The molecule has 0 saturated carbocycles. The number of nitrogens with zero attached hydrogens (tertiary/aromatic N) is 1. The zero-order valence-corrected chi connectivity index (χ0v) is 16.5. The lowest BCUT2D eigenvalue weighted by atomic mass is 10.1. The van der Waals surface area contributed by atoms with Crippen LogP contribution < -0.4 is 25.4 Å². The Kier molecular flexibility index (Phi) is 6.96. The van der Waals surface area contributed by atoms with E-state index in [1.165, 1.54) is 12.1 Å². The molecule has 0 bridgehead atoms. The molecule has 2 rings (SSSR count). The molecule has 0 saturated heterocycles. The summed E-state index contributed by atoms with van der Waals surface area (Å²) in [6.07, 6.45) is 0. The van der Waals surface area contributed by atoms with Gasteiger partial charge < -0.3 is 25.4 Å². The molecule has 8 heteroatoms. The Labute approximate surface area is 163 Å². The van der Waals surface area contributed by atoms with Crippen molar-refractivity contribution in [3.63, 3.8) is 0 Å². The third-order valence-electron chi connectivity index (χ3n) is 4.24. The molecule has 2 aromatic carbocycles. The van der Waals surface area contributed by atoms with E-state index in [-0.39, 0.29) is 16.8 Å². The highest BCUT2D eigenvalue weighted by molar-refractivity contribution is 6.32. The summed E-state index contributed by atoms with van der Waals surface area (Å²) in [6, 6.07) is 8.41. The van der Waals surface area contributed by atoms with Gasteiger partial charge in [-0.05, 0) is 44.2 Å². The molecule has 0 radical (unpaired) electrons. The normalized spacial score (nSPS) is 11.0. The molecule has 0 aliphatic carbocycles. The van der Waals surface area contributed by atoms with Crippen molar-refractivity contribution in [2.75, 3.05) is 30.1 Å². The third kappa shape index (κ3) is 5.07. The maximum atomic E-state index is 12.4. The SMILES string of the molecule is COc1ccc(N)c(N(C)C(C)C)c1CNc1ccc(OC(F)F)c(Cl)c1. The molecule has 2 aromatic rings. The monoisotopic (exact) mass is 399 g/mol. The van der Waals surface area contributed by atoms with Crippen molar-refractivity contribution in [1.82, 2.24) is 0 Å². The van der Waals surface area contributed by atoms with Gasteiger partial charge in [0.2, 0.25) is 0 Å². The first kappa shape index (κ1) is 20.9. The fourth-order valence-electron chi connectivity index (χ4n) is 2.67. The zero-order chi connectivity index (χ0) is 20.1. The first-order valence-electron chi connectivity index (χ1n) is 8.41. The first-order valence-corrected chi connectivity index (χ1v) is 8.78. The van der Waals surface area contributed by atoms with Crippen molar-refractivity contribution in [2.45, 2.75) is 33.0 Å². The van der Waals surface area contributed by atoms with E-state index in [0.717, 1.165) is 11.3 Å². The summed E-state index contributed by atoms with van der Waals surface area (Å²) in [4.78, 5) is 2.07. The minimum absolute atomic E-state index is 0.0704. The van der Waals surface area contributed by atoms with Gasteiger partial charge in [-0.2, -0.15) is 8.78 Å². The lowest BCUT2D eigenvalue weighted by molar-refractivity contribution is -0.0497. The summed E-state index contributed by atoms with van der Waals surface area (Å²) in [5.74, 6) is 0.627. The van der Waals surface area contributed by atoms with Gasteiger partial charge in [0.25, 0.3) is 0 Å². The van der Waals surface area contributed by atoms with Gasteiger partial charge in [0, 0.05) is 30.9 Å². The first-order chi connectivity index (χ1) is 12.7. The topological polar surface area (TPSA) is 59.8 Å². The summed E-state index contributed by atoms with van der Waals surface area (Å²) >= 11 is 6.01. The summed E-state index contributed by atoms with van der Waals surface area (Å²) in [5, 5.41) is 3.33. The van der Waals surface area contributed by atoms with Gasteiger partial charge in [-0.1, -0.05) is 11.6 Å². The number of alkyl halides is 2.